The summed E-state index contributed by atoms with van der Waals surface area (Å²) in [6, 6.07) is 0.0932. The van der Waals surface area contributed by atoms with Crippen LogP contribution < -0.4 is 0 Å². The molecule has 6 nitrogen and oxygen atoms in total. The van der Waals surface area contributed by atoms with Crippen LogP contribution in [0.15, 0.2) is 48.6 Å². The zero-order valence-electron chi connectivity index (χ0n) is 22.1. The molecule has 0 spiro atoms. The average molecular weight is 474 g/mol. The van der Waals surface area contributed by atoms with Gasteiger partial charge in [0, 0.05) is 23.5 Å². The molecule has 0 radical (unpaired) electrons. The van der Waals surface area contributed by atoms with Gasteiger partial charge in [-0.1, -0.05) is 54.0 Å². The lowest BCUT2D eigenvalue weighted by atomic mass is 9.81. The van der Waals surface area contributed by atoms with E-state index in [4.69, 9.17) is 14.2 Å². The van der Waals surface area contributed by atoms with Crippen LogP contribution >= 0.6 is 0 Å². The summed E-state index contributed by atoms with van der Waals surface area (Å²) in [5.74, 6) is -1.32. The van der Waals surface area contributed by atoms with E-state index < -0.39 is 24.5 Å². The van der Waals surface area contributed by atoms with E-state index in [9.17, 15) is 9.59 Å². The van der Waals surface area contributed by atoms with Crippen molar-refractivity contribution in [3.8, 4) is 0 Å². The molecule has 2 saturated heterocycles. The Labute approximate surface area is 205 Å². The number of Topliss-reactive ketones (excluding diaryl/α,β-unsaturated/α-hetero) is 1. The minimum atomic E-state index is -0.693. The van der Waals surface area contributed by atoms with Crippen molar-refractivity contribution in [1.82, 2.24) is 4.90 Å². The molecule has 6 heteroatoms. The molecular formula is C28H43NO5. The van der Waals surface area contributed by atoms with E-state index in [2.05, 4.69) is 31.2 Å². The Hall–Kier alpha value is -2.02. The van der Waals surface area contributed by atoms with E-state index >= 15 is 0 Å². The van der Waals surface area contributed by atoms with Gasteiger partial charge in [0.25, 0.3) is 0 Å². The highest BCUT2D eigenvalue weighted by Crippen LogP contribution is 2.35. The number of hydrogen-bond acceptors (Lipinski definition) is 6. The molecule has 0 amide bonds. The van der Waals surface area contributed by atoms with Gasteiger partial charge in [-0.15, -0.1) is 0 Å². The van der Waals surface area contributed by atoms with Gasteiger partial charge in [0.1, 0.15) is 6.10 Å². The number of ether oxygens (including phenoxy) is 3. The third-order valence-corrected chi connectivity index (χ3v) is 7.28. The summed E-state index contributed by atoms with van der Waals surface area (Å²) in [6.07, 6.45) is -0.0101. The van der Waals surface area contributed by atoms with Gasteiger partial charge in [-0.05, 0) is 57.3 Å². The van der Waals surface area contributed by atoms with Gasteiger partial charge in [-0.25, -0.2) is 4.79 Å². The molecule has 0 N–H and O–H groups in total. The Bertz CT molecular complexity index is 844. The number of likely N-dealkylation sites (N-methyl/N-ethyl adjacent to an activating group) is 1. The molecule has 0 aliphatic carbocycles. The quantitative estimate of drug-likeness (QED) is 0.330. The lowest BCUT2D eigenvalue weighted by Crippen LogP contribution is -2.47. The fourth-order valence-electron chi connectivity index (χ4n) is 4.94. The van der Waals surface area contributed by atoms with Gasteiger partial charge >= 0.3 is 5.97 Å². The number of rotatable bonds is 4. The Morgan fingerprint density at radius 1 is 1.00 bits per heavy atom. The summed E-state index contributed by atoms with van der Waals surface area (Å²) in [7, 11) is 4.00. The highest BCUT2D eigenvalue weighted by atomic mass is 16.7. The van der Waals surface area contributed by atoms with Crippen LogP contribution in [0.25, 0.3) is 0 Å². The molecule has 0 aromatic rings. The Morgan fingerprint density at radius 3 is 2.18 bits per heavy atom. The maximum Gasteiger partial charge on any atom is 0.336 e. The molecule has 2 aliphatic heterocycles. The van der Waals surface area contributed by atoms with Crippen molar-refractivity contribution in [2.75, 3.05) is 14.1 Å². The highest BCUT2D eigenvalue weighted by molar-refractivity contribution is 6.00. The van der Waals surface area contributed by atoms with E-state index in [0.29, 0.717) is 24.0 Å². The molecule has 0 unspecified atom stereocenters. The maximum absolute atomic E-state index is 13.2. The molecule has 2 fully saturated rings. The van der Waals surface area contributed by atoms with E-state index in [1.807, 2.05) is 48.7 Å². The summed E-state index contributed by atoms with van der Waals surface area (Å²) >= 11 is 0. The molecule has 2 rings (SSSR count). The Kier molecular flexibility index (Phi) is 9.63. The van der Waals surface area contributed by atoms with Crippen LogP contribution in [-0.4, -0.2) is 61.4 Å². The van der Waals surface area contributed by atoms with Crippen molar-refractivity contribution in [2.24, 2.45) is 17.8 Å². The number of nitrogens with zero attached hydrogens (tertiary/aromatic N) is 1. The fraction of sp³-hybridized carbons (Fsp3) is 0.643. The first-order valence-electron chi connectivity index (χ1n) is 12.3. The Morgan fingerprint density at radius 2 is 1.62 bits per heavy atom. The van der Waals surface area contributed by atoms with Crippen molar-refractivity contribution >= 4 is 11.8 Å². The summed E-state index contributed by atoms with van der Waals surface area (Å²) in [5, 5.41) is 0. The molecule has 0 aromatic carbocycles. The van der Waals surface area contributed by atoms with Crippen molar-refractivity contribution in [2.45, 2.75) is 84.5 Å². The number of hydrogen-bond donors (Lipinski definition) is 0. The van der Waals surface area contributed by atoms with E-state index in [1.165, 1.54) is 0 Å². The molecule has 2 heterocycles. The lowest BCUT2D eigenvalue weighted by molar-refractivity contribution is -0.195. The number of carbonyl (C=O) groups is 2. The number of esters is 1. The first-order chi connectivity index (χ1) is 15.8. The normalized spacial score (nSPS) is 36.8. The minimum absolute atomic E-state index is 0.0372. The molecule has 34 heavy (non-hydrogen) atoms. The van der Waals surface area contributed by atoms with Gasteiger partial charge in [0.15, 0.2) is 12.1 Å². The van der Waals surface area contributed by atoms with Crippen molar-refractivity contribution in [1.29, 1.82) is 0 Å². The van der Waals surface area contributed by atoms with Crippen LogP contribution in [0.5, 0.6) is 0 Å². The zero-order chi connectivity index (χ0) is 25.9. The minimum Gasteiger partial charge on any atom is -0.458 e. The van der Waals surface area contributed by atoms with Gasteiger partial charge in [0.2, 0.25) is 0 Å². The predicted octanol–water partition coefficient (Wildman–Crippen LogP) is 4.86. The number of cyclic esters (lactones) is 1. The average Bonchev–Trinajstić information content (AvgIpc) is 2.79. The predicted molar refractivity (Wildman–Crippen MR) is 135 cm³/mol. The second-order valence-electron chi connectivity index (χ2n) is 10.3. The van der Waals surface area contributed by atoms with Crippen LogP contribution in [0.3, 0.4) is 0 Å². The van der Waals surface area contributed by atoms with Crippen LogP contribution in [0.4, 0.5) is 0 Å². The van der Waals surface area contributed by atoms with Crippen molar-refractivity contribution in [3.63, 3.8) is 0 Å². The molecule has 0 saturated carbocycles. The van der Waals surface area contributed by atoms with Gasteiger partial charge in [-0.3, -0.25) is 4.79 Å². The summed E-state index contributed by atoms with van der Waals surface area (Å²) in [6.45, 7) is 26.1. The second-order valence-corrected chi connectivity index (χ2v) is 10.3. The summed E-state index contributed by atoms with van der Waals surface area (Å²) < 4.78 is 18.4. The third kappa shape index (κ3) is 6.15. The number of carbonyl (C=O) groups excluding carboxylic acids is 2. The van der Waals surface area contributed by atoms with Crippen molar-refractivity contribution < 1.29 is 23.8 Å². The fourth-order valence-corrected chi connectivity index (χ4v) is 4.94. The SMILES string of the molecule is C=C1C(=C)[C@@H](C)[C@@H](CC)OC(=O)C(=C)[C@@H](O[C@@H]2O[C@H](C)C[C@H](N(C)C)C2=C)[C@@H](C)C[C@@H](C)C1=O. The summed E-state index contributed by atoms with van der Waals surface area (Å²) in [5.41, 5.74) is 2.03. The van der Waals surface area contributed by atoms with E-state index in [0.717, 1.165) is 12.0 Å². The topological polar surface area (TPSA) is 65.1 Å². The zero-order valence-corrected chi connectivity index (χ0v) is 22.1. The van der Waals surface area contributed by atoms with E-state index in [-0.39, 0.29) is 41.3 Å². The van der Waals surface area contributed by atoms with Crippen LogP contribution in [0.2, 0.25) is 0 Å². The molecular weight excluding hydrogens is 430 g/mol. The van der Waals surface area contributed by atoms with Crippen LogP contribution in [0, 0.1) is 17.8 Å². The monoisotopic (exact) mass is 473 g/mol. The second kappa shape index (κ2) is 11.6. The first-order valence-corrected chi connectivity index (χ1v) is 12.3. The maximum atomic E-state index is 13.2. The van der Waals surface area contributed by atoms with Gasteiger partial charge in [-0.2, -0.15) is 0 Å². The number of ketones is 1. The summed E-state index contributed by atoms with van der Waals surface area (Å²) in [4.78, 5) is 28.4. The standard InChI is InChI=1S/C28H43NO5/c1-12-24-19(6)18(5)20(7)25(30)15(2)13-16(3)26(22(9)27(31)33-24)34-28-21(8)23(29(10)11)14-17(4)32-28/h15-17,19,23-24,26,28H,5,7-9,12-14H2,1-4,6,10-11H3/t15-,16+,17-,19-,23+,24-,26+,28+/m1/s1. The largest absolute Gasteiger partial charge is 0.458 e. The molecule has 2 aliphatic rings. The molecule has 0 aromatic heterocycles. The molecule has 0 bridgehead atoms. The van der Waals surface area contributed by atoms with E-state index in [1.54, 1.807) is 0 Å². The molecule has 8 atom stereocenters. The van der Waals surface area contributed by atoms with Crippen LogP contribution in [-0.2, 0) is 23.8 Å². The third-order valence-electron chi connectivity index (χ3n) is 7.28. The smallest absolute Gasteiger partial charge is 0.336 e. The van der Waals surface area contributed by atoms with Crippen LogP contribution in [0.1, 0.15) is 53.9 Å². The Balaban J connectivity index is 2.40. The molecule has 190 valence electrons. The van der Waals surface area contributed by atoms with Gasteiger partial charge < -0.3 is 19.1 Å². The first kappa shape index (κ1) is 28.2. The lowest BCUT2D eigenvalue weighted by Gasteiger charge is -2.41. The highest BCUT2D eigenvalue weighted by Gasteiger charge is 2.39. The number of allylic oxidation sites excluding steroid dienone is 1. The van der Waals surface area contributed by atoms with Gasteiger partial charge in [0.05, 0.1) is 17.8 Å². The van der Waals surface area contributed by atoms with Crippen molar-refractivity contribution in [3.05, 3.63) is 48.6 Å².